The zero-order chi connectivity index (χ0) is 13.1. The fraction of sp³-hybridized carbons (Fsp3) is 0.300. The molecule has 0 spiro atoms. The molecule has 94 valence electrons. The van der Waals surface area contributed by atoms with Crippen LogP contribution in [-0.2, 0) is 11.0 Å². The van der Waals surface area contributed by atoms with Gasteiger partial charge in [-0.1, -0.05) is 0 Å². The second kappa shape index (κ2) is 5.27. The van der Waals surface area contributed by atoms with E-state index in [9.17, 15) is 18.0 Å². The van der Waals surface area contributed by atoms with Crippen molar-refractivity contribution in [3.8, 4) is 0 Å². The van der Waals surface area contributed by atoms with Gasteiger partial charge in [0.15, 0.2) is 0 Å². The number of alkyl halides is 4. The molecule has 0 aliphatic rings. The predicted octanol–water partition coefficient (Wildman–Crippen LogP) is 2.92. The van der Waals surface area contributed by atoms with Crippen LogP contribution in [0.1, 0.15) is 5.56 Å². The van der Waals surface area contributed by atoms with Crippen molar-refractivity contribution in [1.82, 2.24) is 0 Å². The van der Waals surface area contributed by atoms with Gasteiger partial charge in [-0.3, -0.25) is 4.79 Å². The molecule has 0 aliphatic heterocycles. The monoisotopic (exact) mass is 266 g/mol. The van der Waals surface area contributed by atoms with Gasteiger partial charge in [0.1, 0.15) is 5.88 Å². The smallest absolute Gasteiger partial charge is 0.388 e. The van der Waals surface area contributed by atoms with Gasteiger partial charge < -0.3 is 10.6 Å². The molecule has 0 saturated carbocycles. The first-order chi connectivity index (χ1) is 7.88. The standard InChI is InChI=1S/C10H10ClF3N2O/c1-15-6-2-3-7(10(12,13)14)8(4-6)16-9(17)5-11/h2-4,15H,5H2,1H3,(H,16,17). The number of nitrogens with one attached hydrogen (secondary N) is 2. The van der Waals surface area contributed by atoms with Crippen LogP contribution in [0.5, 0.6) is 0 Å². The van der Waals surface area contributed by atoms with E-state index < -0.39 is 23.5 Å². The number of anilines is 2. The van der Waals surface area contributed by atoms with Gasteiger partial charge in [0, 0.05) is 12.7 Å². The van der Waals surface area contributed by atoms with Crippen LogP contribution < -0.4 is 10.6 Å². The fourth-order valence-corrected chi connectivity index (χ4v) is 1.30. The van der Waals surface area contributed by atoms with Crippen molar-refractivity contribution < 1.29 is 18.0 Å². The summed E-state index contributed by atoms with van der Waals surface area (Å²) >= 11 is 5.23. The van der Waals surface area contributed by atoms with Gasteiger partial charge in [0.2, 0.25) is 5.91 Å². The molecule has 0 unspecified atom stereocenters. The summed E-state index contributed by atoms with van der Waals surface area (Å²) in [5.41, 5.74) is -0.757. The Bertz CT molecular complexity index is 421. The van der Waals surface area contributed by atoms with E-state index >= 15 is 0 Å². The lowest BCUT2D eigenvalue weighted by Crippen LogP contribution is -2.17. The molecule has 0 aliphatic carbocycles. The SMILES string of the molecule is CNc1ccc(C(F)(F)F)c(NC(=O)CCl)c1. The Labute approximate surface area is 101 Å². The van der Waals surface area contributed by atoms with Crippen LogP contribution in [0.15, 0.2) is 18.2 Å². The maximum Gasteiger partial charge on any atom is 0.418 e. The maximum absolute atomic E-state index is 12.6. The van der Waals surface area contributed by atoms with Crippen molar-refractivity contribution in [2.24, 2.45) is 0 Å². The third-order valence-electron chi connectivity index (χ3n) is 2.01. The highest BCUT2D eigenvalue weighted by Crippen LogP contribution is 2.36. The molecule has 7 heteroatoms. The van der Waals surface area contributed by atoms with Crippen LogP contribution in [0, 0.1) is 0 Å². The second-order valence-electron chi connectivity index (χ2n) is 3.19. The van der Waals surface area contributed by atoms with Gasteiger partial charge in [0.05, 0.1) is 11.3 Å². The molecule has 0 bridgehead atoms. The normalized spacial score (nSPS) is 11.1. The van der Waals surface area contributed by atoms with Gasteiger partial charge in [-0.05, 0) is 18.2 Å². The van der Waals surface area contributed by atoms with Gasteiger partial charge in [0.25, 0.3) is 0 Å². The van der Waals surface area contributed by atoms with Gasteiger partial charge in [-0.25, -0.2) is 0 Å². The zero-order valence-electron chi connectivity index (χ0n) is 8.86. The number of carbonyl (C=O) groups is 1. The quantitative estimate of drug-likeness (QED) is 0.826. The first kappa shape index (κ1) is 13.6. The minimum Gasteiger partial charge on any atom is -0.388 e. The lowest BCUT2D eigenvalue weighted by atomic mass is 10.1. The molecular formula is C10H10ClF3N2O. The molecule has 1 rings (SSSR count). The van der Waals surface area contributed by atoms with Crippen LogP contribution in [0.2, 0.25) is 0 Å². The van der Waals surface area contributed by atoms with Crippen molar-refractivity contribution in [2.45, 2.75) is 6.18 Å². The van der Waals surface area contributed by atoms with E-state index in [0.29, 0.717) is 5.69 Å². The van der Waals surface area contributed by atoms with E-state index in [1.165, 1.54) is 12.1 Å². The van der Waals surface area contributed by atoms with Crippen molar-refractivity contribution >= 4 is 28.9 Å². The molecule has 3 nitrogen and oxygen atoms in total. The summed E-state index contributed by atoms with van der Waals surface area (Å²) in [6, 6.07) is 3.38. The third kappa shape index (κ3) is 3.52. The molecule has 1 aromatic rings. The second-order valence-corrected chi connectivity index (χ2v) is 3.46. The summed E-state index contributed by atoms with van der Waals surface area (Å²) in [6.07, 6.45) is -4.53. The molecule has 0 atom stereocenters. The molecule has 0 fully saturated rings. The van der Waals surface area contributed by atoms with Crippen molar-refractivity contribution in [2.75, 3.05) is 23.6 Å². The first-order valence-electron chi connectivity index (χ1n) is 4.63. The number of amides is 1. The molecule has 17 heavy (non-hydrogen) atoms. The van der Waals surface area contributed by atoms with Crippen LogP contribution in [-0.4, -0.2) is 18.8 Å². The van der Waals surface area contributed by atoms with E-state index in [2.05, 4.69) is 10.6 Å². The minimum atomic E-state index is -4.53. The van der Waals surface area contributed by atoms with E-state index in [4.69, 9.17) is 11.6 Å². The molecule has 2 N–H and O–H groups in total. The summed E-state index contributed by atoms with van der Waals surface area (Å²) in [4.78, 5) is 11.0. The molecule has 1 amide bonds. The Kier molecular flexibility index (Phi) is 4.22. The highest BCUT2D eigenvalue weighted by Gasteiger charge is 2.33. The Morgan fingerprint density at radius 3 is 2.53 bits per heavy atom. The minimum absolute atomic E-state index is 0.310. The van der Waals surface area contributed by atoms with Gasteiger partial charge in [-0.2, -0.15) is 13.2 Å². The van der Waals surface area contributed by atoms with E-state index in [-0.39, 0.29) is 5.69 Å². The first-order valence-corrected chi connectivity index (χ1v) is 5.16. The van der Waals surface area contributed by atoms with Crippen molar-refractivity contribution in [3.05, 3.63) is 23.8 Å². The molecule has 0 aromatic heterocycles. The van der Waals surface area contributed by atoms with E-state index in [1.54, 1.807) is 7.05 Å². The van der Waals surface area contributed by atoms with Gasteiger partial charge in [-0.15, -0.1) is 11.6 Å². The topological polar surface area (TPSA) is 41.1 Å². The van der Waals surface area contributed by atoms with Crippen molar-refractivity contribution in [3.63, 3.8) is 0 Å². The third-order valence-corrected chi connectivity index (χ3v) is 2.25. The van der Waals surface area contributed by atoms with Gasteiger partial charge >= 0.3 is 6.18 Å². The average molecular weight is 267 g/mol. The number of benzene rings is 1. The molecule has 0 saturated heterocycles. The number of hydrogen-bond acceptors (Lipinski definition) is 2. The summed E-state index contributed by atoms with van der Waals surface area (Å²) in [5.74, 6) is -1.09. The summed E-state index contributed by atoms with van der Waals surface area (Å²) < 4.78 is 37.9. The highest BCUT2D eigenvalue weighted by molar-refractivity contribution is 6.29. The number of halogens is 4. The van der Waals surface area contributed by atoms with E-state index in [1.807, 2.05) is 0 Å². The lowest BCUT2D eigenvalue weighted by Gasteiger charge is -2.14. The van der Waals surface area contributed by atoms with Crippen molar-refractivity contribution in [1.29, 1.82) is 0 Å². The van der Waals surface area contributed by atoms with Crippen LogP contribution in [0.4, 0.5) is 24.5 Å². The molecule has 1 aromatic carbocycles. The summed E-state index contributed by atoms with van der Waals surface area (Å²) in [5, 5.41) is 4.80. The maximum atomic E-state index is 12.6. The Hall–Kier alpha value is -1.43. The van der Waals surface area contributed by atoms with Crippen LogP contribution in [0.3, 0.4) is 0 Å². The average Bonchev–Trinajstić information content (AvgIpc) is 2.27. The largest absolute Gasteiger partial charge is 0.418 e. The lowest BCUT2D eigenvalue weighted by molar-refractivity contribution is -0.136. The summed E-state index contributed by atoms with van der Waals surface area (Å²) in [6.45, 7) is 0. The Morgan fingerprint density at radius 2 is 2.06 bits per heavy atom. The van der Waals surface area contributed by atoms with E-state index in [0.717, 1.165) is 6.07 Å². The Morgan fingerprint density at radius 1 is 1.41 bits per heavy atom. The predicted molar refractivity (Wildman–Crippen MR) is 60.3 cm³/mol. The molecule has 0 heterocycles. The fourth-order valence-electron chi connectivity index (χ4n) is 1.23. The highest BCUT2D eigenvalue weighted by atomic mass is 35.5. The van der Waals surface area contributed by atoms with Crippen LogP contribution in [0.25, 0.3) is 0 Å². The number of rotatable bonds is 3. The zero-order valence-corrected chi connectivity index (χ0v) is 9.62. The number of carbonyl (C=O) groups excluding carboxylic acids is 1. The Balaban J connectivity index is 3.16. The number of hydrogen-bond donors (Lipinski definition) is 2. The summed E-state index contributed by atoms with van der Waals surface area (Å²) in [7, 11) is 1.57. The van der Waals surface area contributed by atoms with Crippen LogP contribution >= 0.6 is 11.6 Å². The molecular weight excluding hydrogens is 257 g/mol. The molecule has 0 radical (unpaired) electrons.